The highest BCUT2D eigenvalue weighted by Crippen LogP contribution is 2.21. The normalized spacial score (nSPS) is 15.5. The topological polar surface area (TPSA) is 65.0 Å². The summed E-state index contributed by atoms with van der Waals surface area (Å²) in [5, 5.41) is 6.80. The number of pyridine rings is 1. The minimum atomic E-state index is 0. The molecule has 1 unspecified atom stereocenters. The summed E-state index contributed by atoms with van der Waals surface area (Å²) in [4.78, 5) is 14.1. The number of ether oxygens (including phenoxy) is 1. The van der Waals surface area contributed by atoms with E-state index in [0.29, 0.717) is 12.5 Å². The Kier molecular flexibility index (Phi) is 11.7. The summed E-state index contributed by atoms with van der Waals surface area (Å²) in [6, 6.07) is 12.6. The molecule has 1 aliphatic rings. The monoisotopic (exact) mass is 566 g/mol. The molecule has 1 aromatic heterocycles. The van der Waals surface area contributed by atoms with E-state index in [1.807, 2.05) is 18.3 Å². The number of likely N-dealkylation sites (N-methyl/N-ethyl adjacent to an activating group) is 1. The molecular formula is C25H39IN6O. The van der Waals surface area contributed by atoms with E-state index in [1.54, 1.807) is 7.11 Å². The van der Waals surface area contributed by atoms with Crippen LogP contribution in [0.15, 0.2) is 47.6 Å². The Morgan fingerprint density at radius 3 is 2.42 bits per heavy atom. The van der Waals surface area contributed by atoms with Crippen LogP contribution < -0.4 is 20.3 Å². The average molecular weight is 567 g/mol. The largest absolute Gasteiger partial charge is 0.497 e. The van der Waals surface area contributed by atoms with E-state index in [2.05, 4.69) is 70.6 Å². The maximum Gasteiger partial charge on any atom is 0.191 e. The van der Waals surface area contributed by atoms with Gasteiger partial charge in [0, 0.05) is 45.5 Å². The van der Waals surface area contributed by atoms with Gasteiger partial charge in [0.2, 0.25) is 0 Å². The fourth-order valence-corrected chi connectivity index (χ4v) is 3.75. The highest BCUT2D eigenvalue weighted by molar-refractivity contribution is 14.0. The predicted molar refractivity (Wildman–Crippen MR) is 148 cm³/mol. The maximum atomic E-state index is 5.25. The van der Waals surface area contributed by atoms with Crippen LogP contribution in [0.4, 0.5) is 5.82 Å². The molecule has 0 amide bonds. The van der Waals surface area contributed by atoms with Gasteiger partial charge in [0.1, 0.15) is 11.6 Å². The number of nitrogens with one attached hydrogen (secondary N) is 2. The molecule has 0 saturated carbocycles. The summed E-state index contributed by atoms with van der Waals surface area (Å²) < 4.78 is 5.25. The molecule has 3 rings (SSSR count). The van der Waals surface area contributed by atoms with Gasteiger partial charge in [-0.1, -0.05) is 25.1 Å². The third-order valence-corrected chi connectivity index (χ3v) is 5.95. The van der Waals surface area contributed by atoms with Gasteiger partial charge < -0.3 is 25.2 Å². The maximum absolute atomic E-state index is 5.25. The SMILES string of the molecule is CCNC(=NCc1ccc(N2CCN(C)CC2)nc1)NCCC(C)c1ccc(OC)cc1.I. The van der Waals surface area contributed by atoms with E-state index in [9.17, 15) is 0 Å². The van der Waals surface area contributed by atoms with Crippen LogP contribution in [0.5, 0.6) is 5.75 Å². The van der Waals surface area contributed by atoms with Gasteiger partial charge in [0.15, 0.2) is 5.96 Å². The fraction of sp³-hybridized carbons (Fsp3) is 0.520. The molecule has 0 aliphatic carbocycles. The number of guanidine groups is 1. The second-order valence-corrected chi connectivity index (χ2v) is 8.40. The fourth-order valence-electron chi connectivity index (χ4n) is 3.75. The number of anilines is 1. The molecule has 0 radical (unpaired) electrons. The standard InChI is InChI=1S/C25H38N6O.HI/c1-5-26-25(27-13-12-20(2)22-7-9-23(32-4)10-8-22)29-19-21-6-11-24(28-18-21)31-16-14-30(3)15-17-31;/h6-11,18,20H,5,12-17,19H2,1-4H3,(H2,26,27,29);1H. The second kappa shape index (κ2) is 14.2. The van der Waals surface area contributed by atoms with Crippen molar-refractivity contribution < 1.29 is 4.74 Å². The number of aromatic nitrogens is 1. The number of hydrogen-bond donors (Lipinski definition) is 2. The van der Waals surface area contributed by atoms with Gasteiger partial charge in [-0.3, -0.25) is 0 Å². The molecule has 1 atom stereocenters. The van der Waals surface area contributed by atoms with Crippen molar-refractivity contribution in [3.8, 4) is 5.75 Å². The molecule has 2 aromatic rings. The number of halogens is 1. The third kappa shape index (κ3) is 8.66. The number of rotatable bonds is 9. The van der Waals surface area contributed by atoms with E-state index in [4.69, 9.17) is 9.73 Å². The first-order valence-corrected chi connectivity index (χ1v) is 11.6. The van der Waals surface area contributed by atoms with Crippen LogP contribution in [0.3, 0.4) is 0 Å². The molecule has 1 aliphatic heterocycles. The van der Waals surface area contributed by atoms with Crippen molar-refractivity contribution in [1.82, 2.24) is 20.5 Å². The Morgan fingerprint density at radius 1 is 1.09 bits per heavy atom. The molecule has 1 saturated heterocycles. The van der Waals surface area contributed by atoms with Crippen molar-refractivity contribution in [2.24, 2.45) is 4.99 Å². The summed E-state index contributed by atoms with van der Waals surface area (Å²) in [7, 11) is 3.86. The Morgan fingerprint density at radius 2 is 1.82 bits per heavy atom. The summed E-state index contributed by atoms with van der Waals surface area (Å²) in [5.41, 5.74) is 2.44. The summed E-state index contributed by atoms with van der Waals surface area (Å²) in [5.74, 6) is 3.26. The van der Waals surface area contributed by atoms with Gasteiger partial charge in [-0.05, 0) is 55.6 Å². The molecule has 0 bridgehead atoms. The van der Waals surface area contributed by atoms with Crippen molar-refractivity contribution in [3.63, 3.8) is 0 Å². The third-order valence-electron chi connectivity index (χ3n) is 5.95. The lowest BCUT2D eigenvalue weighted by Crippen LogP contribution is -2.44. The van der Waals surface area contributed by atoms with Gasteiger partial charge in [0.25, 0.3) is 0 Å². The van der Waals surface area contributed by atoms with Crippen LogP contribution in [-0.2, 0) is 6.54 Å². The first-order valence-electron chi connectivity index (χ1n) is 11.6. The summed E-state index contributed by atoms with van der Waals surface area (Å²) in [6.07, 6.45) is 2.98. The zero-order valence-corrected chi connectivity index (χ0v) is 22.7. The molecule has 2 heterocycles. The van der Waals surface area contributed by atoms with Crippen molar-refractivity contribution in [2.45, 2.75) is 32.7 Å². The molecule has 7 nitrogen and oxygen atoms in total. The lowest BCUT2D eigenvalue weighted by Gasteiger charge is -2.33. The summed E-state index contributed by atoms with van der Waals surface area (Å²) >= 11 is 0. The number of nitrogens with zero attached hydrogens (tertiary/aromatic N) is 4. The quantitative estimate of drug-likeness (QED) is 0.274. The van der Waals surface area contributed by atoms with E-state index < -0.39 is 0 Å². The molecule has 8 heteroatoms. The minimum Gasteiger partial charge on any atom is -0.497 e. The Hall–Kier alpha value is -2.07. The van der Waals surface area contributed by atoms with Crippen molar-refractivity contribution in [3.05, 3.63) is 53.7 Å². The van der Waals surface area contributed by atoms with E-state index >= 15 is 0 Å². The molecular weight excluding hydrogens is 527 g/mol. The first-order chi connectivity index (χ1) is 15.6. The second-order valence-electron chi connectivity index (χ2n) is 8.40. The smallest absolute Gasteiger partial charge is 0.191 e. The first kappa shape index (κ1) is 27.2. The van der Waals surface area contributed by atoms with Crippen LogP contribution >= 0.6 is 24.0 Å². The van der Waals surface area contributed by atoms with E-state index in [1.165, 1.54) is 5.56 Å². The number of methoxy groups -OCH3 is 1. The molecule has 2 N–H and O–H groups in total. The lowest BCUT2D eigenvalue weighted by molar-refractivity contribution is 0.312. The van der Waals surface area contributed by atoms with Crippen LogP contribution in [0.2, 0.25) is 0 Å². The van der Waals surface area contributed by atoms with Gasteiger partial charge in [-0.25, -0.2) is 9.98 Å². The van der Waals surface area contributed by atoms with Crippen molar-refractivity contribution >= 4 is 35.8 Å². The number of benzene rings is 1. The Balaban J connectivity index is 0.00000385. The average Bonchev–Trinajstić information content (AvgIpc) is 2.83. The number of aliphatic imine (C=N–C) groups is 1. The van der Waals surface area contributed by atoms with Crippen molar-refractivity contribution in [1.29, 1.82) is 0 Å². The van der Waals surface area contributed by atoms with E-state index in [-0.39, 0.29) is 24.0 Å². The zero-order valence-electron chi connectivity index (χ0n) is 20.4. The van der Waals surface area contributed by atoms with Crippen molar-refractivity contribution in [2.75, 3.05) is 58.3 Å². The van der Waals surface area contributed by atoms with Gasteiger partial charge >= 0.3 is 0 Å². The molecule has 182 valence electrons. The number of piperazine rings is 1. The van der Waals surface area contributed by atoms with Crippen LogP contribution in [0.25, 0.3) is 0 Å². The minimum absolute atomic E-state index is 0. The van der Waals surface area contributed by atoms with Crippen LogP contribution in [0.1, 0.15) is 37.3 Å². The van der Waals surface area contributed by atoms with Gasteiger partial charge in [-0.15, -0.1) is 24.0 Å². The summed E-state index contributed by atoms with van der Waals surface area (Å²) in [6.45, 7) is 10.9. The molecule has 1 aromatic carbocycles. The predicted octanol–water partition coefficient (Wildman–Crippen LogP) is 3.71. The molecule has 1 fully saturated rings. The highest BCUT2D eigenvalue weighted by Gasteiger charge is 2.15. The van der Waals surface area contributed by atoms with Crippen LogP contribution in [-0.4, -0.2) is 69.3 Å². The molecule has 33 heavy (non-hydrogen) atoms. The molecule has 0 spiro atoms. The number of hydrogen-bond acceptors (Lipinski definition) is 5. The highest BCUT2D eigenvalue weighted by atomic mass is 127. The Bertz CT molecular complexity index is 835. The lowest BCUT2D eigenvalue weighted by atomic mass is 9.98. The van der Waals surface area contributed by atoms with Crippen LogP contribution in [0, 0.1) is 0 Å². The zero-order chi connectivity index (χ0) is 22.8. The van der Waals surface area contributed by atoms with Gasteiger partial charge in [-0.2, -0.15) is 0 Å². The van der Waals surface area contributed by atoms with Gasteiger partial charge in [0.05, 0.1) is 13.7 Å². The Labute approximate surface area is 216 Å². The van der Waals surface area contributed by atoms with E-state index in [0.717, 1.165) is 68.8 Å².